The molecular weight excluding hydrogens is 182 g/mol. The van der Waals surface area contributed by atoms with Crippen LogP contribution < -0.4 is 5.32 Å². The number of thioether (sulfide) groups is 1. The van der Waals surface area contributed by atoms with Crippen molar-refractivity contribution < 1.29 is 4.79 Å². The lowest BCUT2D eigenvalue weighted by atomic mass is 10.0. The van der Waals surface area contributed by atoms with Crippen LogP contribution in [0.2, 0.25) is 0 Å². The molecule has 0 atom stereocenters. The van der Waals surface area contributed by atoms with E-state index in [1.54, 1.807) is 18.8 Å². The van der Waals surface area contributed by atoms with Crippen LogP contribution in [0.25, 0.3) is 0 Å². The van der Waals surface area contributed by atoms with Gasteiger partial charge in [0.25, 0.3) is 0 Å². The van der Waals surface area contributed by atoms with Crippen molar-refractivity contribution in [1.82, 2.24) is 5.32 Å². The third-order valence-electron chi connectivity index (χ3n) is 2.26. The predicted molar refractivity (Wildman–Crippen MR) is 60.0 cm³/mol. The van der Waals surface area contributed by atoms with E-state index in [2.05, 4.69) is 25.7 Å². The van der Waals surface area contributed by atoms with Gasteiger partial charge < -0.3 is 5.32 Å². The Hall–Kier alpha value is -0.440. The van der Waals surface area contributed by atoms with Crippen LogP contribution in [0.4, 0.5) is 0 Å². The summed E-state index contributed by atoms with van der Waals surface area (Å²) in [5, 5.41) is 2.72. The first-order valence-corrected chi connectivity index (χ1v) is 5.62. The Morgan fingerprint density at radius 1 is 1.54 bits per heavy atom. The molecule has 0 heterocycles. The minimum Gasteiger partial charge on any atom is -0.358 e. The van der Waals surface area contributed by atoms with E-state index in [1.165, 1.54) is 0 Å². The Labute approximate surface area is 85.2 Å². The van der Waals surface area contributed by atoms with Gasteiger partial charge in [0.05, 0.1) is 4.75 Å². The van der Waals surface area contributed by atoms with Crippen LogP contribution in [0.3, 0.4) is 0 Å². The molecular formula is C10H19NOS. The van der Waals surface area contributed by atoms with Crippen LogP contribution in [-0.4, -0.2) is 23.5 Å². The summed E-state index contributed by atoms with van der Waals surface area (Å²) in [7, 11) is 1.69. The van der Waals surface area contributed by atoms with E-state index in [1.807, 2.05) is 6.08 Å². The highest BCUT2D eigenvalue weighted by atomic mass is 32.2. The highest BCUT2D eigenvalue weighted by Gasteiger charge is 2.33. The molecule has 1 N–H and O–H groups in total. The summed E-state index contributed by atoms with van der Waals surface area (Å²) in [4.78, 5) is 11.6. The third kappa shape index (κ3) is 3.07. The molecule has 0 aromatic rings. The van der Waals surface area contributed by atoms with E-state index in [0.717, 1.165) is 18.6 Å². The summed E-state index contributed by atoms with van der Waals surface area (Å²) in [6, 6.07) is 0. The van der Waals surface area contributed by atoms with Crippen molar-refractivity contribution in [3.05, 3.63) is 12.7 Å². The molecule has 0 fully saturated rings. The Morgan fingerprint density at radius 3 is 2.38 bits per heavy atom. The van der Waals surface area contributed by atoms with Gasteiger partial charge in [0.1, 0.15) is 0 Å². The normalized spacial score (nSPS) is 11.0. The molecule has 0 unspecified atom stereocenters. The topological polar surface area (TPSA) is 29.1 Å². The van der Waals surface area contributed by atoms with Gasteiger partial charge in [-0.3, -0.25) is 4.79 Å². The first-order chi connectivity index (χ1) is 6.16. The number of carbonyl (C=O) groups is 1. The maximum absolute atomic E-state index is 11.6. The van der Waals surface area contributed by atoms with Crippen molar-refractivity contribution >= 4 is 17.7 Å². The van der Waals surface area contributed by atoms with Gasteiger partial charge in [-0.25, -0.2) is 0 Å². The summed E-state index contributed by atoms with van der Waals surface area (Å²) in [6.07, 6.45) is 3.57. The first kappa shape index (κ1) is 12.6. The van der Waals surface area contributed by atoms with Crippen LogP contribution >= 0.6 is 11.8 Å². The van der Waals surface area contributed by atoms with Crippen molar-refractivity contribution in [2.75, 3.05) is 12.8 Å². The quantitative estimate of drug-likeness (QED) is 0.668. The van der Waals surface area contributed by atoms with Crippen LogP contribution in [0.1, 0.15) is 26.7 Å². The molecule has 0 aromatic heterocycles. The predicted octanol–water partition coefficient (Wildman–Crippen LogP) is 2.21. The van der Waals surface area contributed by atoms with Gasteiger partial charge in [0.15, 0.2) is 0 Å². The molecule has 0 radical (unpaired) electrons. The van der Waals surface area contributed by atoms with Crippen molar-refractivity contribution in [3.8, 4) is 0 Å². The van der Waals surface area contributed by atoms with Crippen LogP contribution in [0.15, 0.2) is 12.7 Å². The molecule has 0 saturated heterocycles. The second-order valence-corrected chi connectivity index (χ2v) is 4.28. The number of hydrogen-bond donors (Lipinski definition) is 1. The standard InChI is InChI=1S/C10H19NOS/c1-5-8-13-10(6-2,7-3)9(12)11-4/h5H,1,6-8H2,2-4H3,(H,11,12). The van der Waals surface area contributed by atoms with Crippen LogP contribution in [0.5, 0.6) is 0 Å². The number of rotatable bonds is 6. The van der Waals surface area contributed by atoms with Gasteiger partial charge in [-0.15, -0.1) is 18.3 Å². The summed E-state index contributed by atoms with van der Waals surface area (Å²) < 4.78 is -0.261. The van der Waals surface area contributed by atoms with Crippen molar-refractivity contribution in [2.45, 2.75) is 31.4 Å². The van der Waals surface area contributed by atoms with Crippen molar-refractivity contribution in [2.24, 2.45) is 0 Å². The largest absolute Gasteiger partial charge is 0.358 e. The second-order valence-electron chi connectivity index (χ2n) is 2.88. The van der Waals surface area contributed by atoms with E-state index in [0.29, 0.717) is 0 Å². The number of hydrogen-bond acceptors (Lipinski definition) is 2. The lowest BCUT2D eigenvalue weighted by Gasteiger charge is -2.28. The summed E-state index contributed by atoms with van der Waals surface area (Å²) in [5.74, 6) is 0.958. The molecule has 0 rings (SSSR count). The van der Waals surface area contributed by atoms with E-state index in [9.17, 15) is 4.79 Å². The summed E-state index contributed by atoms with van der Waals surface area (Å²) in [5.41, 5.74) is 0. The SMILES string of the molecule is C=CCSC(CC)(CC)C(=O)NC. The molecule has 0 aliphatic heterocycles. The van der Waals surface area contributed by atoms with E-state index in [-0.39, 0.29) is 10.7 Å². The number of amides is 1. The average Bonchev–Trinajstić information content (AvgIpc) is 2.19. The fourth-order valence-corrected chi connectivity index (χ4v) is 2.37. The van der Waals surface area contributed by atoms with Gasteiger partial charge in [-0.2, -0.15) is 0 Å². The lowest BCUT2D eigenvalue weighted by molar-refractivity contribution is -0.123. The zero-order chi connectivity index (χ0) is 10.3. The fourth-order valence-electron chi connectivity index (χ4n) is 1.29. The highest BCUT2D eigenvalue weighted by molar-refractivity contribution is 8.01. The van der Waals surface area contributed by atoms with Crippen LogP contribution in [-0.2, 0) is 4.79 Å². The van der Waals surface area contributed by atoms with E-state index in [4.69, 9.17) is 0 Å². The molecule has 0 aromatic carbocycles. The molecule has 0 saturated carbocycles. The minimum atomic E-state index is -0.261. The van der Waals surface area contributed by atoms with Gasteiger partial charge >= 0.3 is 0 Å². The Morgan fingerprint density at radius 2 is 2.08 bits per heavy atom. The molecule has 76 valence electrons. The molecule has 0 spiro atoms. The highest BCUT2D eigenvalue weighted by Crippen LogP contribution is 2.32. The van der Waals surface area contributed by atoms with Gasteiger partial charge in [-0.1, -0.05) is 19.9 Å². The smallest absolute Gasteiger partial charge is 0.235 e. The average molecular weight is 201 g/mol. The number of carbonyl (C=O) groups excluding carboxylic acids is 1. The first-order valence-electron chi connectivity index (χ1n) is 4.63. The third-order valence-corrected chi connectivity index (χ3v) is 3.98. The van der Waals surface area contributed by atoms with Crippen molar-refractivity contribution in [1.29, 1.82) is 0 Å². The molecule has 2 nitrogen and oxygen atoms in total. The zero-order valence-electron chi connectivity index (χ0n) is 8.72. The summed E-state index contributed by atoms with van der Waals surface area (Å²) >= 11 is 1.67. The molecule has 13 heavy (non-hydrogen) atoms. The van der Waals surface area contributed by atoms with Crippen molar-refractivity contribution in [3.63, 3.8) is 0 Å². The minimum absolute atomic E-state index is 0.129. The molecule has 0 aliphatic carbocycles. The van der Waals surface area contributed by atoms with Gasteiger partial charge in [-0.05, 0) is 12.8 Å². The molecule has 0 bridgehead atoms. The summed E-state index contributed by atoms with van der Waals surface area (Å²) in [6.45, 7) is 7.77. The molecule has 1 amide bonds. The Bertz CT molecular complexity index is 176. The molecule has 3 heteroatoms. The van der Waals surface area contributed by atoms with E-state index >= 15 is 0 Å². The fraction of sp³-hybridized carbons (Fsp3) is 0.700. The van der Waals surface area contributed by atoms with Crippen LogP contribution in [0, 0.1) is 0 Å². The zero-order valence-corrected chi connectivity index (χ0v) is 9.54. The number of nitrogens with one attached hydrogen (secondary N) is 1. The van der Waals surface area contributed by atoms with Gasteiger partial charge in [0.2, 0.25) is 5.91 Å². The molecule has 0 aliphatic rings. The maximum atomic E-state index is 11.6. The lowest BCUT2D eigenvalue weighted by Crippen LogP contribution is -2.42. The Balaban J connectivity index is 4.47. The van der Waals surface area contributed by atoms with E-state index < -0.39 is 0 Å². The second kappa shape index (κ2) is 6.08. The monoisotopic (exact) mass is 201 g/mol. The maximum Gasteiger partial charge on any atom is 0.235 e. The Kier molecular flexibility index (Phi) is 5.88. The van der Waals surface area contributed by atoms with Gasteiger partial charge in [0, 0.05) is 12.8 Å².